The topological polar surface area (TPSA) is 83.3 Å². The molecule has 1 fully saturated rings. The molecule has 0 unspecified atom stereocenters. The van der Waals surface area contributed by atoms with Gasteiger partial charge in [-0.3, -0.25) is 5.10 Å². The first-order valence-electron chi connectivity index (χ1n) is 9.71. The third-order valence-corrected chi connectivity index (χ3v) is 5.29. The van der Waals surface area contributed by atoms with Crippen molar-refractivity contribution >= 4 is 40.8 Å². The molecular weight excluding hydrogens is 398 g/mol. The van der Waals surface area contributed by atoms with Crippen LogP contribution in [0.5, 0.6) is 0 Å². The van der Waals surface area contributed by atoms with Crippen molar-refractivity contribution in [1.82, 2.24) is 15.1 Å². The molecule has 4 rings (SSSR count). The zero-order chi connectivity index (χ0) is 20.9. The van der Waals surface area contributed by atoms with Gasteiger partial charge in [0, 0.05) is 48.8 Å². The van der Waals surface area contributed by atoms with E-state index in [-0.39, 0.29) is 0 Å². The fourth-order valence-electron chi connectivity index (χ4n) is 3.30. The molecule has 2 aromatic carbocycles. The van der Waals surface area contributed by atoms with E-state index >= 15 is 0 Å². The molecule has 7 nitrogen and oxygen atoms in total. The first-order chi connectivity index (χ1) is 14.6. The van der Waals surface area contributed by atoms with E-state index in [1.807, 2.05) is 24.3 Å². The predicted octanol–water partition coefficient (Wildman–Crippen LogP) is 4.18. The SMILES string of the molecule is CN1CCN(c2ccc(/C=N/c3[nH]nc(Nc4cccc(Cl)c4)c3C#N)cc2)CC1. The van der Waals surface area contributed by atoms with Crippen molar-refractivity contribution in [2.45, 2.75) is 0 Å². The fourth-order valence-corrected chi connectivity index (χ4v) is 3.49. The highest BCUT2D eigenvalue weighted by molar-refractivity contribution is 6.30. The number of anilines is 3. The molecule has 2 heterocycles. The summed E-state index contributed by atoms with van der Waals surface area (Å²) in [5.41, 5.74) is 3.27. The maximum Gasteiger partial charge on any atom is 0.172 e. The molecule has 0 saturated carbocycles. The Morgan fingerprint density at radius 3 is 2.63 bits per heavy atom. The Kier molecular flexibility index (Phi) is 5.98. The zero-order valence-electron chi connectivity index (χ0n) is 16.6. The lowest BCUT2D eigenvalue weighted by molar-refractivity contribution is 0.313. The van der Waals surface area contributed by atoms with Crippen LogP contribution in [-0.4, -0.2) is 54.5 Å². The lowest BCUT2D eigenvalue weighted by Gasteiger charge is -2.34. The average molecular weight is 420 g/mol. The van der Waals surface area contributed by atoms with Crippen molar-refractivity contribution in [3.63, 3.8) is 0 Å². The molecule has 0 amide bonds. The van der Waals surface area contributed by atoms with E-state index in [1.54, 1.807) is 18.3 Å². The number of aromatic amines is 1. The molecule has 0 aliphatic carbocycles. The number of hydrogen-bond donors (Lipinski definition) is 2. The maximum absolute atomic E-state index is 9.56. The molecule has 0 spiro atoms. The van der Waals surface area contributed by atoms with Gasteiger partial charge in [0.15, 0.2) is 11.6 Å². The summed E-state index contributed by atoms with van der Waals surface area (Å²) in [7, 11) is 2.15. The molecular formula is C22H22ClN7. The number of aromatic nitrogens is 2. The van der Waals surface area contributed by atoms with Crippen molar-refractivity contribution in [2.75, 3.05) is 43.4 Å². The van der Waals surface area contributed by atoms with Crippen LogP contribution in [0.1, 0.15) is 11.1 Å². The Morgan fingerprint density at radius 2 is 1.93 bits per heavy atom. The highest BCUT2D eigenvalue weighted by Crippen LogP contribution is 2.27. The Balaban J connectivity index is 1.46. The third-order valence-electron chi connectivity index (χ3n) is 5.05. The second-order valence-electron chi connectivity index (χ2n) is 7.18. The van der Waals surface area contributed by atoms with Gasteiger partial charge in [0.2, 0.25) is 0 Å². The van der Waals surface area contributed by atoms with Crippen LogP contribution in [-0.2, 0) is 0 Å². The van der Waals surface area contributed by atoms with E-state index in [0.29, 0.717) is 22.2 Å². The normalized spacial score (nSPS) is 14.8. The van der Waals surface area contributed by atoms with Crippen LogP contribution in [0.4, 0.5) is 23.0 Å². The van der Waals surface area contributed by atoms with Crippen LogP contribution in [0.3, 0.4) is 0 Å². The minimum Gasteiger partial charge on any atom is -0.369 e. The first kappa shape index (κ1) is 20.0. The maximum atomic E-state index is 9.56. The van der Waals surface area contributed by atoms with Gasteiger partial charge in [0.25, 0.3) is 0 Å². The second kappa shape index (κ2) is 8.99. The van der Waals surface area contributed by atoms with E-state index in [2.05, 4.69) is 55.6 Å². The zero-order valence-corrected chi connectivity index (χ0v) is 17.4. The number of halogens is 1. The summed E-state index contributed by atoms with van der Waals surface area (Å²) in [6.07, 6.45) is 1.73. The van der Waals surface area contributed by atoms with Crippen LogP contribution < -0.4 is 10.2 Å². The summed E-state index contributed by atoms with van der Waals surface area (Å²) in [6, 6.07) is 17.7. The number of aliphatic imine (C=N–C) groups is 1. The van der Waals surface area contributed by atoms with E-state index in [9.17, 15) is 5.26 Å². The van der Waals surface area contributed by atoms with Crippen molar-refractivity contribution in [1.29, 1.82) is 5.26 Å². The molecule has 152 valence electrons. The van der Waals surface area contributed by atoms with Gasteiger partial charge >= 0.3 is 0 Å². The summed E-state index contributed by atoms with van der Waals surface area (Å²) >= 11 is 6.01. The standard InChI is InChI=1S/C22H22ClN7/c1-29-9-11-30(12-10-29)19-7-5-16(6-8-19)15-25-21-20(14-24)22(28-27-21)26-18-4-2-3-17(23)13-18/h2-8,13,15H,9-12H2,1H3,(H2,26,27,28)/b25-15+. The molecule has 3 aromatic rings. The predicted molar refractivity (Wildman–Crippen MR) is 121 cm³/mol. The van der Waals surface area contributed by atoms with Crippen LogP contribution in [0.2, 0.25) is 5.02 Å². The van der Waals surface area contributed by atoms with Crippen molar-refractivity contribution < 1.29 is 0 Å². The van der Waals surface area contributed by atoms with Gasteiger partial charge in [0.1, 0.15) is 11.6 Å². The molecule has 8 heteroatoms. The van der Waals surface area contributed by atoms with E-state index in [4.69, 9.17) is 11.6 Å². The summed E-state index contributed by atoms with van der Waals surface area (Å²) in [5.74, 6) is 0.822. The number of piperazine rings is 1. The first-order valence-corrected chi connectivity index (χ1v) is 10.1. The number of nitrogens with one attached hydrogen (secondary N) is 2. The number of hydrogen-bond acceptors (Lipinski definition) is 6. The summed E-state index contributed by atoms with van der Waals surface area (Å²) in [5, 5.41) is 20.3. The number of benzene rings is 2. The molecule has 2 N–H and O–H groups in total. The van der Waals surface area contributed by atoms with Crippen molar-refractivity contribution in [3.05, 3.63) is 64.7 Å². The second-order valence-corrected chi connectivity index (χ2v) is 7.62. The molecule has 1 aliphatic rings. The number of nitrogens with zero attached hydrogens (tertiary/aromatic N) is 5. The Hall–Kier alpha value is -3.34. The molecule has 1 aliphatic heterocycles. The average Bonchev–Trinajstić information content (AvgIpc) is 3.14. The Morgan fingerprint density at radius 1 is 1.17 bits per heavy atom. The van der Waals surface area contributed by atoms with Crippen LogP contribution in [0.15, 0.2) is 53.5 Å². The largest absolute Gasteiger partial charge is 0.369 e. The van der Waals surface area contributed by atoms with E-state index in [1.165, 1.54) is 5.69 Å². The molecule has 30 heavy (non-hydrogen) atoms. The summed E-state index contributed by atoms with van der Waals surface area (Å²) in [4.78, 5) is 9.15. The van der Waals surface area contributed by atoms with Gasteiger partial charge in [-0.2, -0.15) is 10.4 Å². The molecule has 1 aromatic heterocycles. The lowest BCUT2D eigenvalue weighted by atomic mass is 10.2. The number of likely N-dealkylation sites (N-methyl/N-ethyl adjacent to an activating group) is 1. The van der Waals surface area contributed by atoms with E-state index in [0.717, 1.165) is 37.4 Å². The van der Waals surface area contributed by atoms with E-state index < -0.39 is 0 Å². The lowest BCUT2D eigenvalue weighted by Crippen LogP contribution is -2.44. The van der Waals surface area contributed by atoms with Crippen molar-refractivity contribution in [2.24, 2.45) is 4.99 Å². The Bertz CT molecular complexity index is 1070. The minimum atomic E-state index is 0.347. The Labute approximate surface area is 180 Å². The quantitative estimate of drug-likeness (QED) is 0.606. The number of H-pyrrole nitrogens is 1. The molecule has 0 atom stereocenters. The molecule has 0 bridgehead atoms. The molecule has 1 saturated heterocycles. The fraction of sp³-hybridized carbons (Fsp3) is 0.227. The highest BCUT2D eigenvalue weighted by atomic mass is 35.5. The van der Waals surface area contributed by atoms with Crippen LogP contribution in [0.25, 0.3) is 0 Å². The smallest absolute Gasteiger partial charge is 0.172 e. The highest BCUT2D eigenvalue weighted by Gasteiger charge is 2.14. The monoisotopic (exact) mass is 419 g/mol. The molecule has 0 radical (unpaired) electrons. The van der Waals surface area contributed by atoms with Gasteiger partial charge in [-0.05, 0) is 42.9 Å². The van der Waals surface area contributed by atoms with Crippen LogP contribution in [0, 0.1) is 11.3 Å². The number of nitriles is 1. The van der Waals surface area contributed by atoms with Gasteiger partial charge < -0.3 is 15.1 Å². The summed E-state index contributed by atoms with van der Waals surface area (Å²) in [6.45, 7) is 4.22. The van der Waals surface area contributed by atoms with Gasteiger partial charge in [-0.15, -0.1) is 0 Å². The van der Waals surface area contributed by atoms with Gasteiger partial charge in [-0.25, -0.2) is 4.99 Å². The number of rotatable bonds is 5. The van der Waals surface area contributed by atoms with Crippen molar-refractivity contribution in [3.8, 4) is 6.07 Å². The minimum absolute atomic E-state index is 0.347. The van der Waals surface area contributed by atoms with Gasteiger partial charge in [-0.1, -0.05) is 29.8 Å². The van der Waals surface area contributed by atoms with Crippen LogP contribution >= 0.6 is 11.6 Å². The van der Waals surface area contributed by atoms with Gasteiger partial charge in [0.05, 0.1) is 0 Å². The summed E-state index contributed by atoms with van der Waals surface area (Å²) < 4.78 is 0. The third kappa shape index (κ3) is 4.62.